The van der Waals surface area contributed by atoms with E-state index in [-0.39, 0.29) is 11.6 Å². The molecule has 2 aromatic heterocycles. The van der Waals surface area contributed by atoms with Crippen LogP contribution in [0.25, 0.3) is 0 Å². The number of nitrogens with zero attached hydrogens (tertiary/aromatic N) is 3. The number of hydrogen-bond donors (Lipinski definition) is 1. The highest BCUT2D eigenvalue weighted by Gasteiger charge is 2.22. The summed E-state index contributed by atoms with van der Waals surface area (Å²) in [5, 5.41) is 0.0812. The maximum absolute atomic E-state index is 12.1. The fourth-order valence-electron chi connectivity index (χ4n) is 1.55. The summed E-state index contributed by atoms with van der Waals surface area (Å²) < 4.78 is 25.5. The summed E-state index contributed by atoms with van der Waals surface area (Å²) in [6, 6.07) is 5.52. The maximum Gasteiger partial charge on any atom is 0.260 e. The third-order valence-corrected chi connectivity index (χ3v) is 4.22. The first-order valence-corrected chi connectivity index (χ1v) is 6.81. The first-order chi connectivity index (χ1) is 8.50. The molecule has 0 unspecified atom stereocenters. The molecular formula is C11H14N4O2S. The summed E-state index contributed by atoms with van der Waals surface area (Å²) in [7, 11) is -2.02. The Bertz CT molecular complexity index is 622. The molecular weight excluding hydrogens is 252 g/mol. The number of aromatic nitrogens is 3. The van der Waals surface area contributed by atoms with Crippen LogP contribution in [0.2, 0.25) is 0 Å². The van der Waals surface area contributed by atoms with Crippen molar-refractivity contribution in [2.45, 2.75) is 18.5 Å². The van der Waals surface area contributed by atoms with Crippen LogP contribution in [-0.4, -0.2) is 34.7 Å². The van der Waals surface area contributed by atoms with Crippen molar-refractivity contribution in [3.8, 4) is 0 Å². The van der Waals surface area contributed by atoms with Crippen molar-refractivity contribution < 1.29 is 8.42 Å². The number of aryl methyl sites for hydroxylation is 1. The molecule has 0 radical (unpaired) electrons. The Morgan fingerprint density at radius 1 is 1.39 bits per heavy atom. The molecule has 2 rings (SSSR count). The van der Waals surface area contributed by atoms with Crippen molar-refractivity contribution in [3.05, 3.63) is 42.1 Å². The second-order valence-corrected chi connectivity index (χ2v) is 5.96. The van der Waals surface area contributed by atoms with Gasteiger partial charge in [0.15, 0.2) is 5.03 Å². The monoisotopic (exact) mass is 266 g/mol. The summed E-state index contributed by atoms with van der Waals surface area (Å²) >= 11 is 0. The van der Waals surface area contributed by atoms with Crippen molar-refractivity contribution in [1.82, 2.24) is 19.3 Å². The molecule has 0 atom stereocenters. The Morgan fingerprint density at radius 3 is 2.78 bits per heavy atom. The first-order valence-electron chi connectivity index (χ1n) is 5.37. The van der Waals surface area contributed by atoms with Crippen LogP contribution in [0.1, 0.15) is 11.4 Å². The van der Waals surface area contributed by atoms with Crippen LogP contribution in [0.5, 0.6) is 0 Å². The van der Waals surface area contributed by atoms with Crippen LogP contribution in [0.3, 0.4) is 0 Å². The Labute approximate surface area is 106 Å². The summed E-state index contributed by atoms with van der Waals surface area (Å²) in [4.78, 5) is 10.6. The number of pyridine rings is 1. The Kier molecular flexibility index (Phi) is 3.44. The van der Waals surface area contributed by atoms with Crippen LogP contribution in [0, 0.1) is 6.92 Å². The van der Waals surface area contributed by atoms with Gasteiger partial charge >= 0.3 is 0 Å². The molecule has 0 saturated heterocycles. The number of aromatic amines is 1. The largest absolute Gasteiger partial charge is 0.335 e. The van der Waals surface area contributed by atoms with Crippen LogP contribution in [-0.2, 0) is 16.6 Å². The number of sulfonamides is 1. The van der Waals surface area contributed by atoms with Crippen molar-refractivity contribution in [2.24, 2.45) is 0 Å². The molecule has 0 aliphatic rings. The van der Waals surface area contributed by atoms with Crippen molar-refractivity contribution in [3.63, 3.8) is 0 Å². The predicted octanol–water partition coefficient (Wildman–Crippen LogP) is 0.934. The lowest BCUT2D eigenvalue weighted by molar-refractivity contribution is 0.459. The lowest BCUT2D eigenvalue weighted by Gasteiger charge is -2.15. The Balaban J connectivity index is 2.20. The zero-order valence-corrected chi connectivity index (χ0v) is 11.0. The molecule has 0 aliphatic carbocycles. The minimum atomic E-state index is -3.53. The van der Waals surface area contributed by atoms with Gasteiger partial charge in [0.25, 0.3) is 10.0 Å². The van der Waals surface area contributed by atoms with E-state index in [4.69, 9.17) is 0 Å². The van der Waals surface area contributed by atoms with E-state index < -0.39 is 10.0 Å². The maximum atomic E-state index is 12.1. The van der Waals surface area contributed by atoms with Gasteiger partial charge in [-0.05, 0) is 19.1 Å². The van der Waals surface area contributed by atoms with Gasteiger partial charge in [-0.25, -0.2) is 13.4 Å². The number of hydrogen-bond acceptors (Lipinski definition) is 4. The number of nitrogens with one attached hydrogen (secondary N) is 1. The molecule has 18 heavy (non-hydrogen) atoms. The van der Waals surface area contributed by atoms with E-state index in [0.29, 0.717) is 5.69 Å². The lowest BCUT2D eigenvalue weighted by Crippen LogP contribution is -2.27. The SMILES string of the molecule is Cc1cccc(CN(C)S(=O)(=O)c2cnc[nH]2)n1. The average Bonchev–Trinajstić information content (AvgIpc) is 2.82. The molecule has 0 saturated carbocycles. The van der Waals surface area contributed by atoms with Crippen LogP contribution >= 0.6 is 0 Å². The predicted molar refractivity (Wildman–Crippen MR) is 66.2 cm³/mol. The van der Waals surface area contributed by atoms with E-state index >= 15 is 0 Å². The Morgan fingerprint density at radius 2 is 2.17 bits per heavy atom. The molecule has 96 valence electrons. The third-order valence-electron chi connectivity index (χ3n) is 2.49. The first kappa shape index (κ1) is 12.7. The quantitative estimate of drug-likeness (QED) is 0.893. The van der Waals surface area contributed by atoms with Gasteiger partial charge in [0.05, 0.1) is 24.8 Å². The van der Waals surface area contributed by atoms with E-state index in [1.807, 2.05) is 19.1 Å². The molecule has 0 fully saturated rings. The van der Waals surface area contributed by atoms with Gasteiger partial charge in [0, 0.05) is 12.7 Å². The summed E-state index contributed by atoms with van der Waals surface area (Å²) in [5.41, 5.74) is 1.57. The van der Waals surface area contributed by atoms with E-state index in [1.54, 1.807) is 6.07 Å². The van der Waals surface area contributed by atoms with Gasteiger partial charge in [0.1, 0.15) is 0 Å². The second kappa shape index (κ2) is 4.87. The lowest BCUT2D eigenvalue weighted by atomic mass is 10.3. The zero-order chi connectivity index (χ0) is 13.2. The molecule has 7 heteroatoms. The van der Waals surface area contributed by atoms with Crippen LogP contribution < -0.4 is 0 Å². The van der Waals surface area contributed by atoms with E-state index in [0.717, 1.165) is 5.69 Å². The minimum Gasteiger partial charge on any atom is -0.335 e. The molecule has 2 aromatic rings. The van der Waals surface area contributed by atoms with Crippen LogP contribution in [0.4, 0.5) is 0 Å². The fraction of sp³-hybridized carbons (Fsp3) is 0.273. The number of imidazole rings is 1. The highest BCUT2D eigenvalue weighted by molar-refractivity contribution is 7.89. The van der Waals surface area contributed by atoms with Gasteiger partial charge in [-0.3, -0.25) is 4.98 Å². The highest BCUT2D eigenvalue weighted by atomic mass is 32.2. The standard InChI is InChI=1S/C11H14N4O2S/c1-9-4-3-5-10(14-9)7-15(2)18(16,17)11-6-12-8-13-11/h3-6,8H,7H2,1-2H3,(H,12,13). The fourth-order valence-corrected chi connectivity index (χ4v) is 2.59. The number of H-pyrrole nitrogens is 1. The van der Waals surface area contributed by atoms with E-state index in [9.17, 15) is 8.42 Å². The van der Waals surface area contributed by atoms with Crippen LogP contribution in [0.15, 0.2) is 35.7 Å². The zero-order valence-electron chi connectivity index (χ0n) is 10.2. The second-order valence-electron chi connectivity index (χ2n) is 3.95. The van der Waals surface area contributed by atoms with Crippen molar-refractivity contribution in [1.29, 1.82) is 0 Å². The van der Waals surface area contributed by atoms with Gasteiger partial charge < -0.3 is 4.98 Å². The molecule has 0 aromatic carbocycles. The van der Waals surface area contributed by atoms with Crippen molar-refractivity contribution in [2.75, 3.05) is 7.05 Å². The number of rotatable bonds is 4. The van der Waals surface area contributed by atoms with Gasteiger partial charge in [-0.2, -0.15) is 4.31 Å². The summed E-state index contributed by atoms with van der Waals surface area (Å²) in [5.74, 6) is 0. The van der Waals surface area contributed by atoms with Gasteiger partial charge in [0.2, 0.25) is 0 Å². The molecule has 6 nitrogen and oxygen atoms in total. The van der Waals surface area contributed by atoms with E-state index in [2.05, 4.69) is 15.0 Å². The third kappa shape index (κ3) is 2.57. The molecule has 0 aliphatic heterocycles. The summed E-state index contributed by atoms with van der Waals surface area (Å²) in [6.07, 6.45) is 2.63. The Hall–Kier alpha value is -1.73. The smallest absolute Gasteiger partial charge is 0.260 e. The van der Waals surface area contributed by atoms with Gasteiger partial charge in [-0.15, -0.1) is 0 Å². The topological polar surface area (TPSA) is 79.0 Å². The van der Waals surface area contributed by atoms with Gasteiger partial charge in [-0.1, -0.05) is 6.07 Å². The molecule has 2 heterocycles. The van der Waals surface area contributed by atoms with E-state index in [1.165, 1.54) is 23.9 Å². The minimum absolute atomic E-state index is 0.0812. The summed E-state index contributed by atoms with van der Waals surface area (Å²) in [6.45, 7) is 2.09. The molecule has 0 spiro atoms. The molecule has 0 bridgehead atoms. The molecule has 1 N–H and O–H groups in total. The average molecular weight is 266 g/mol. The highest BCUT2D eigenvalue weighted by Crippen LogP contribution is 2.12. The normalized spacial score (nSPS) is 11.9. The molecule has 0 amide bonds. The van der Waals surface area contributed by atoms with Crippen molar-refractivity contribution >= 4 is 10.0 Å².